The molecular formula is C28H28F2N2O2. The Morgan fingerprint density at radius 3 is 2.00 bits per heavy atom. The van der Waals surface area contributed by atoms with Gasteiger partial charge in [0.15, 0.2) is 0 Å². The maximum Gasteiger partial charge on any atom is 0.253 e. The van der Waals surface area contributed by atoms with Crippen molar-refractivity contribution < 1.29 is 18.7 Å². The molecule has 1 N–H and O–H groups in total. The molecule has 2 aliphatic heterocycles. The number of benzene rings is 3. The number of nitrogens with zero attached hydrogens (tertiary/aromatic N) is 2. The number of aliphatic hydroxyl groups excluding tert-OH is 1. The molecule has 176 valence electrons. The zero-order valence-electron chi connectivity index (χ0n) is 18.9. The first-order chi connectivity index (χ1) is 16.5. The highest BCUT2D eigenvalue weighted by molar-refractivity contribution is 5.94. The predicted octanol–water partition coefficient (Wildman–Crippen LogP) is 4.70. The van der Waals surface area contributed by atoms with Crippen LogP contribution in [0.4, 0.5) is 8.78 Å². The molecule has 3 atom stereocenters. The second-order valence-corrected chi connectivity index (χ2v) is 9.17. The van der Waals surface area contributed by atoms with Crippen molar-refractivity contribution in [3.05, 3.63) is 95.6 Å². The van der Waals surface area contributed by atoms with Gasteiger partial charge >= 0.3 is 0 Å². The highest BCUT2D eigenvalue weighted by Gasteiger charge is 2.49. The Balaban J connectivity index is 1.38. The molecule has 2 saturated heterocycles. The molecule has 2 aliphatic rings. The molecule has 34 heavy (non-hydrogen) atoms. The lowest BCUT2D eigenvalue weighted by atomic mass is 9.74. The lowest BCUT2D eigenvalue weighted by molar-refractivity contribution is -0.0606. The summed E-state index contributed by atoms with van der Waals surface area (Å²) in [7, 11) is 0. The van der Waals surface area contributed by atoms with Crippen LogP contribution in [0.15, 0.2) is 72.8 Å². The Morgan fingerprint density at radius 1 is 0.824 bits per heavy atom. The van der Waals surface area contributed by atoms with Crippen molar-refractivity contribution in [1.82, 2.24) is 9.80 Å². The second-order valence-electron chi connectivity index (χ2n) is 9.17. The fraction of sp³-hybridized carbons (Fsp3) is 0.321. The van der Waals surface area contributed by atoms with Crippen molar-refractivity contribution in [3.63, 3.8) is 0 Å². The van der Waals surface area contributed by atoms with Crippen LogP contribution in [-0.2, 0) is 0 Å². The van der Waals surface area contributed by atoms with E-state index in [4.69, 9.17) is 0 Å². The number of fused-ring (bicyclic) bond motifs is 1. The Hall–Kier alpha value is -3.09. The van der Waals surface area contributed by atoms with Crippen LogP contribution in [0.2, 0.25) is 0 Å². The van der Waals surface area contributed by atoms with Crippen molar-refractivity contribution in [2.24, 2.45) is 0 Å². The van der Waals surface area contributed by atoms with E-state index in [1.165, 1.54) is 36.4 Å². The number of hydrogen-bond donors (Lipinski definition) is 1. The SMILES string of the molecule is O=C(c1ccc(F)cc1)N1CCCCN2[C@H](CO)[C@@H](c3ccc(-c4ccc(F)cc4)cc3)[C@H]2C1. The van der Waals surface area contributed by atoms with Crippen LogP contribution in [0.3, 0.4) is 0 Å². The molecule has 0 radical (unpaired) electrons. The Labute approximate surface area is 198 Å². The molecule has 1 amide bonds. The van der Waals surface area contributed by atoms with Gasteiger partial charge in [0.2, 0.25) is 0 Å². The van der Waals surface area contributed by atoms with E-state index in [0.29, 0.717) is 18.7 Å². The maximum atomic E-state index is 13.3. The highest BCUT2D eigenvalue weighted by Crippen LogP contribution is 2.42. The number of rotatable bonds is 4. The lowest BCUT2D eigenvalue weighted by Gasteiger charge is -2.57. The normalized spacial score (nSPS) is 22.9. The molecule has 5 rings (SSSR count). The van der Waals surface area contributed by atoms with Gasteiger partial charge in [-0.1, -0.05) is 36.4 Å². The van der Waals surface area contributed by atoms with E-state index >= 15 is 0 Å². The maximum absolute atomic E-state index is 13.3. The minimum Gasteiger partial charge on any atom is -0.395 e. The quantitative estimate of drug-likeness (QED) is 0.612. The fourth-order valence-electron chi connectivity index (χ4n) is 5.44. The molecule has 4 nitrogen and oxygen atoms in total. The minimum absolute atomic E-state index is 0.0162. The van der Waals surface area contributed by atoms with Gasteiger partial charge in [-0.05, 0) is 72.5 Å². The fourth-order valence-corrected chi connectivity index (χ4v) is 5.44. The van der Waals surface area contributed by atoms with Crippen LogP contribution in [-0.4, -0.2) is 59.1 Å². The van der Waals surface area contributed by atoms with E-state index in [1.807, 2.05) is 17.0 Å². The second kappa shape index (κ2) is 9.65. The van der Waals surface area contributed by atoms with E-state index < -0.39 is 0 Å². The minimum atomic E-state index is -0.357. The summed E-state index contributed by atoms with van der Waals surface area (Å²) >= 11 is 0. The largest absolute Gasteiger partial charge is 0.395 e. The monoisotopic (exact) mass is 462 g/mol. The first-order valence-electron chi connectivity index (χ1n) is 11.8. The van der Waals surface area contributed by atoms with Crippen molar-refractivity contribution in [1.29, 1.82) is 0 Å². The van der Waals surface area contributed by atoms with Gasteiger partial charge < -0.3 is 10.0 Å². The summed E-state index contributed by atoms with van der Waals surface area (Å²) in [6.07, 6.45) is 1.85. The molecule has 2 fully saturated rings. The Kier molecular flexibility index (Phi) is 6.44. The third-order valence-electron chi connectivity index (χ3n) is 7.22. The van der Waals surface area contributed by atoms with Gasteiger partial charge in [0, 0.05) is 36.7 Å². The van der Waals surface area contributed by atoms with Gasteiger partial charge in [-0.3, -0.25) is 9.69 Å². The topological polar surface area (TPSA) is 43.8 Å². The molecule has 0 saturated carbocycles. The van der Waals surface area contributed by atoms with E-state index in [0.717, 1.165) is 36.1 Å². The van der Waals surface area contributed by atoms with Crippen LogP contribution in [0.1, 0.15) is 34.7 Å². The van der Waals surface area contributed by atoms with Gasteiger partial charge in [0.1, 0.15) is 11.6 Å². The summed E-state index contributed by atoms with van der Waals surface area (Å²) in [5.74, 6) is -0.595. The first kappa shape index (κ1) is 22.7. The third kappa shape index (κ3) is 4.36. The zero-order valence-corrected chi connectivity index (χ0v) is 18.9. The predicted molar refractivity (Wildman–Crippen MR) is 127 cm³/mol. The van der Waals surface area contributed by atoms with Crippen LogP contribution < -0.4 is 0 Å². The average molecular weight is 463 g/mol. The molecule has 0 aromatic heterocycles. The third-order valence-corrected chi connectivity index (χ3v) is 7.22. The van der Waals surface area contributed by atoms with Crippen LogP contribution in [0, 0.1) is 11.6 Å². The Morgan fingerprint density at radius 2 is 1.38 bits per heavy atom. The number of amides is 1. The van der Waals surface area contributed by atoms with Gasteiger partial charge in [-0.25, -0.2) is 8.78 Å². The summed E-state index contributed by atoms with van der Waals surface area (Å²) in [5, 5.41) is 10.2. The summed E-state index contributed by atoms with van der Waals surface area (Å²) in [4.78, 5) is 17.4. The lowest BCUT2D eigenvalue weighted by Crippen LogP contribution is -2.67. The molecule has 0 unspecified atom stereocenters. The molecule has 0 bridgehead atoms. The van der Waals surface area contributed by atoms with Gasteiger partial charge in [-0.2, -0.15) is 0 Å². The number of halogens is 2. The first-order valence-corrected chi connectivity index (χ1v) is 11.8. The molecular weight excluding hydrogens is 434 g/mol. The highest BCUT2D eigenvalue weighted by atomic mass is 19.1. The van der Waals surface area contributed by atoms with Gasteiger partial charge in [-0.15, -0.1) is 0 Å². The molecule has 2 heterocycles. The molecule has 3 aromatic rings. The molecule has 0 aliphatic carbocycles. The van der Waals surface area contributed by atoms with E-state index in [1.54, 1.807) is 12.1 Å². The number of carbonyl (C=O) groups is 1. The zero-order chi connectivity index (χ0) is 23.7. The molecule has 3 aromatic carbocycles. The Bertz CT molecular complexity index is 1130. The summed E-state index contributed by atoms with van der Waals surface area (Å²) in [6, 6.07) is 20.5. The number of hydrogen-bond acceptors (Lipinski definition) is 3. The number of carbonyl (C=O) groups excluding carboxylic acids is 1. The van der Waals surface area contributed by atoms with Crippen LogP contribution >= 0.6 is 0 Å². The molecule has 6 heteroatoms. The summed E-state index contributed by atoms with van der Waals surface area (Å²) in [6.45, 7) is 2.20. The van der Waals surface area contributed by atoms with E-state index in [-0.39, 0.29) is 42.2 Å². The van der Waals surface area contributed by atoms with E-state index in [9.17, 15) is 18.7 Å². The van der Waals surface area contributed by atoms with Gasteiger partial charge in [0.05, 0.1) is 6.61 Å². The molecule has 0 spiro atoms. The van der Waals surface area contributed by atoms with Crippen LogP contribution in [0.5, 0.6) is 0 Å². The van der Waals surface area contributed by atoms with Crippen molar-refractivity contribution in [2.45, 2.75) is 30.8 Å². The smallest absolute Gasteiger partial charge is 0.253 e. The van der Waals surface area contributed by atoms with Crippen molar-refractivity contribution in [3.8, 4) is 11.1 Å². The number of aliphatic hydroxyl groups is 1. The van der Waals surface area contributed by atoms with Crippen molar-refractivity contribution in [2.75, 3.05) is 26.2 Å². The summed E-state index contributed by atoms with van der Waals surface area (Å²) in [5.41, 5.74) is 3.57. The average Bonchev–Trinajstić information content (AvgIpc) is 2.84. The van der Waals surface area contributed by atoms with E-state index in [2.05, 4.69) is 17.0 Å². The van der Waals surface area contributed by atoms with Crippen molar-refractivity contribution >= 4 is 5.91 Å². The van der Waals surface area contributed by atoms with Gasteiger partial charge in [0.25, 0.3) is 5.91 Å². The van der Waals surface area contributed by atoms with Crippen LogP contribution in [0.25, 0.3) is 11.1 Å². The summed E-state index contributed by atoms with van der Waals surface area (Å²) < 4.78 is 26.6. The standard InChI is InChI=1S/C28H28F2N2O2/c29-23-11-7-20(8-12-23)19-3-5-21(6-4-19)27-25-17-31(15-1-2-16-32(25)26(27)18-33)28(34)22-9-13-24(30)14-10-22/h3-14,25-27,33H,1-2,15-18H2/t25-,26-,27+/m1/s1.